The maximum absolute atomic E-state index is 13.0. The number of pyridine rings is 2. The van der Waals surface area contributed by atoms with E-state index in [-0.39, 0.29) is 23.4 Å². The van der Waals surface area contributed by atoms with Crippen LogP contribution in [-0.4, -0.2) is 54.0 Å². The monoisotopic (exact) mass is 406 g/mol. The maximum atomic E-state index is 13.0. The van der Waals surface area contributed by atoms with E-state index in [9.17, 15) is 22.8 Å². The summed E-state index contributed by atoms with van der Waals surface area (Å²) in [4.78, 5) is 36.6. The molecule has 2 aliphatic heterocycles. The highest BCUT2D eigenvalue weighted by molar-refractivity contribution is 6.05. The van der Waals surface area contributed by atoms with Gasteiger partial charge in [0.05, 0.1) is 24.5 Å². The number of nitrogens with zero attached hydrogens (tertiary/aromatic N) is 4. The zero-order valence-corrected chi connectivity index (χ0v) is 15.1. The summed E-state index contributed by atoms with van der Waals surface area (Å²) >= 11 is 0. The molecule has 0 aliphatic carbocycles. The SMILES string of the molecule is O=C(NCC(F)F)c1ccc2c(n1)N(C(=O)Nc1ccc(F)cn1)C1CCN2C1. The molecule has 3 amide bonds. The van der Waals surface area contributed by atoms with Gasteiger partial charge in [0.2, 0.25) is 0 Å². The molecule has 0 radical (unpaired) electrons. The average Bonchev–Trinajstić information content (AvgIpc) is 3.12. The highest BCUT2D eigenvalue weighted by Crippen LogP contribution is 2.39. The maximum Gasteiger partial charge on any atom is 0.329 e. The third-order valence-electron chi connectivity index (χ3n) is 4.78. The number of anilines is 3. The Bertz CT molecular complexity index is 940. The molecule has 1 saturated heterocycles. The Labute approximate surface area is 163 Å². The lowest BCUT2D eigenvalue weighted by molar-refractivity contribution is 0.0887. The van der Waals surface area contributed by atoms with Crippen LogP contribution in [0, 0.1) is 5.82 Å². The van der Waals surface area contributed by atoms with E-state index in [0.717, 1.165) is 12.7 Å². The number of amides is 3. The zero-order valence-electron chi connectivity index (χ0n) is 15.1. The van der Waals surface area contributed by atoms with Crippen LogP contribution in [-0.2, 0) is 0 Å². The molecule has 2 aromatic heterocycles. The molecule has 152 valence electrons. The molecule has 4 rings (SSSR count). The lowest BCUT2D eigenvalue weighted by atomic mass is 10.1. The van der Waals surface area contributed by atoms with Crippen LogP contribution in [0.1, 0.15) is 16.9 Å². The summed E-state index contributed by atoms with van der Waals surface area (Å²) in [6.07, 6.45) is -0.988. The van der Waals surface area contributed by atoms with E-state index >= 15 is 0 Å². The summed E-state index contributed by atoms with van der Waals surface area (Å²) in [5.41, 5.74) is 0.607. The third kappa shape index (κ3) is 3.80. The number of hydrogen-bond acceptors (Lipinski definition) is 5. The van der Waals surface area contributed by atoms with Crippen LogP contribution in [0.5, 0.6) is 0 Å². The molecular weight excluding hydrogens is 389 g/mol. The molecular formula is C18H17F3N6O2. The molecule has 1 unspecified atom stereocenters. The van der Waals surface area contributed by atoms with Gasteiger partial charge in [0, 0.05) is 13.1 Å². The molecule has 29 heavy (non-hydrogen) atoms. The van der Waals surface area contributed by atoms with Crippen molar-refractivity contribution >= 4 is 29.3 Å². The van der Waals surface area contributed by atoms with Gasteiger partial charge in [-0.1, -0.05) is 0 Å². The summed E-state index contributed by atoms with van der Waals surface area (Å²) < 4.78 is 37.8. The van der Waals surface area contributed by atoms with Crippen molar-refractivity contribution in [1.82, 2.24) is 15.3 Å². The first kappa shape index (κ1) is 19.0. The van der Waals surface area contributed by atoms with E-state index in [1.807, 2.05) is 4.90 Å². The molecule has 2 bridgehead atoms. The summed E-state index contributed by atoms with van der Waals surface area (Å²) in [6, 6.07) is 4.91. The Morgan fingerprint density at radius 2 is 2.07 bits per heavy atom. The minimum Gasteiger partial charge on any atom is -0.366 e. The fraction of sp³-hybridized carbons (Fsp3) is 0.333. The topological polar surface area (TPSA) is 90.5 Å². The molecule has 0 aromatic carbocycles. The fourth-order valence-electron chi connectivity index (χ4n) is 3.48. The van der Waals surface area contributed by atoms with Gasteiger partial charge in [-0.2, -0.15) is 0 Å². The predicted molar refractivity (Wildman–Crippen MR) is 98.9 cm³/mol. The van der Waals surface area contributed by atoms with E-state index in [0.29, 0.717) is 18.7 Å². The highest BCUT2D eigenvalue weighted by Gasteiger charge is 2.40. The second-order valence-electron chi connectivity index (χ2n) is 6.69. The van der Waals surface area contributed by atoms with Crippen LogP contribution in [0.4, 0.5) is 35.3 Å². The second kappa shape index (κ2) is 7.57. The van der Waals surface area contributed by atoms with E-state index in [2.05, 4.69) is 20.6 Å². The standard InChI is InChI=1S/C18H17F3N6O2/c19-10-1-4-15(22-7-10)25-18(29)27-11-5-6-26(9-11)13-3-2-12(24-16(13)27)17(28)23-8-14(20)21/h1-4,7,11,14H,5-6,8-9H2,(H,23,28)(H,22,25,29). The van der Waals surface area contributed by atoms with Crippen molar-refractivity contribution in [2.75, 3.05) is 34.8 Å². The molecule has 1 fully saturated rings. The van der Waals surface area contributed by atoms with Crippen LogP contribution in [0.25, 0.3) is 0 Å². The molecule has 2 aromatic rings. The number of rotatable bonds is 4. The van der Waals surface area contributed by atoms with Gasteiger partial charge < -0.3 is 10.2 Å². The van der Waals surface area contributed by atoms with Crippen molar-refractivity contribution in [1.29, 1.82) is 0 Å². The van der Waals surface area contributed by atoms with Crippen molar-refractivity contribution in [3.8, 4) is 0 Å². The molecule has 0 spiro atoms. The first-order chi connectivity index (χ1) is 13.9. The first-order valence-corrected chi connectivity index (χ1v) is 8.96. The Morgan fingerprint density at radius 1 is 1.24 bits per heavy atom. The number of urea groups is 1. The van der Waals surface area contributed by atoms with E-state index in [4.69, 9.17) is 0 Å². The lowest BCUT2D eigenvalue weighted by Gasteiger charge is -2.35. The van der Waals surface area contributed by atoms with Crippen LogP contribution >= 0.6 is 0 Å². The van der Waals surface area contributed by atoms with Gasteiger partial charge in [-0.15, -0.1) is 0 Å². The average molecular weight is 406 g/mol. The first-order valence-electron chi connectivity index (χ1n) is 8.96. The summed E-state index contributed by atoms with van der Waals surface area (Å²) in [5, 5.41) is 4.71. The van der Waals surface area contributed by atoms with Gasteiger partial charge in [0.25, 0.3) is 12.3 Å². The third-order valence-corrected chi connectivity index (χ3v) is 4.78. The Balaban J connectivity index is 1.62. The quantitative estimate of drug-likeness (QED) is 0.813. The molecule has 2 aliphatic rings. The number of fused-ring (bicyclic) bond motifs is 4. The summed E-state index contributed by atoms with van der Waals surface area (Å²) in [6.45, 7) is 0.539. The Morgan fingerprint density at radius 3 is 2.79 bits per heavy atom. The summed E-state index contributed by atoms with van der Waals surface area (Å²) in [7, 11) is 0. The lowest BCUT2D eigenvalue weighted by Crippen LogP contribution is -2.48. The minimum absolute atomic E-state index is 0.0652. The molecule has 11 heteroatoms. The van der Waals surface area contributed by atoms with Gasteiger partial charge in [-0.25, -0.2) is 27.9 Å². The van der Waals surface area contributed by atoms with Gasteiger partial charge in [0.15, 0.2) is 5.82 Å². The van der Waals surface area contributed by atoms with E-state index in [1.54, 1.807) is 6.07 Å². The number of aromatic nitrogens is 2. The van der Waals surface area contributed by atoms with Crippen molar-refractivity contribution < 1.29 is 22.8 Å². The second-order valence-corrected chi connectivity index (χ2v) is 6.69. The molecule has 2 N–H and O–H groups in total. The van der Waals surface area contributed by atoms with Crippen molar-refractivity contribution in [2.45, 2.75) is 18.9 Å². The zero-order chi connectivity index (χ0) is 20.5. The Kier molecular flexibility index (Phi) is 4.95. The number of carbonyl (C=O) groups is 2. The minimum atomic E-state index is -2.68. The Hall–Kier alpha value is -3.37. The van der Waals surface area contributed by atoms with Crippen LogP contribution in [0.3, 0.4) is 0 Å². The number of hydrogen-bond donors (Lipinski definition) is 2. The van der Waals surface area contributed by atoms with Gasteiger partial charge >= 0.3 is 6.03 Å². The number of alkyl halides is 2. The normalized spacial score (nSPS) is 17.3. The van der Waals surface area contributed by atoms with Crippen molar-refractivity contribution in [3.05, 3.63) is 42.0 Å². The van der Waals surface area contributed by atoms with Gasteiger partial charge in [-0.05, 0) is 30.7 Å². The van der Waals surface area contributed by atoms with Crippen LogP contribution < -0.4 is 20.4 Å². The van der Waals surface area contributed by atoms with Gasteiger partial charge in [0.1, 0.15) is 17.3 Å². The summed E-state index contributed by atoms with van der Waals surface area (Å²) in [5.74, 6) is -0.840. The largest absolute Gasteiger partial charge is 0.366 e. The van der Waals surface area contributed by atoms with Crippen molar-refractivity contribution in [2.24, 2.45) is 0 Å². The van der Waals surface area contributed by atoms with E-state index < -0.39 is 30.7 Å². The van der Waals surface area contributed by atoms with Crippen LogP contribution in [0.15, 0.2) is 30.5 Å². The molecule has 8 nitrogen and oxygen atoms in total. The van der Waals surface area contributed by atoms with E-state index in [1.165, 1.54) is 23.1 Å². The number of carbonyl (C=O) groups excluding carboxylic acids is 2. The number of nitrogens with one attached hydrogen (secondary N) is 2. The fourth-order valence-corrected chi connectivity index (χ4v) is 3.48. The molecule has 0 saturated carbocycles. The molecule has 1 atom stereocenters. The predicted octanol–water partition coefficient (Wildman–Crippen LogP) is 2.24. The van der Waals surface area contributed by atoms with Crippen LogP contribution in [0.2, 0.25) is 0 Å². The highest BCUT2D eigenvalue weighted by atomic mass is 19.3. The van der Waals surface area contributed by atoms with Gasteiger partial charge in [-0.3, -0.25) is 15.0 Å². The molecule has 4 heterocycles. The van der Waals surface area contributed by atoms with Crippen molar-refractivity contribution in [3.63, 3.8) is 0 Å². The smallest absolute Gasteiger partial charge is 0.329 e. The number of halogens is 3.